The van der Waals surface area contributed by atoms with E-state index >= 15 is 0 Å². The molecule has 1 amide bonds. The Morgan fingerprint density at radius 2 is 2.20 bits per heavy atom. The molecule has 3 heterocycles. The first kappa shape index (κ1) is 12.5. The summed E-state index contributed by atoms with van der Waals surface area (Å²) in [5.74, 6) is 1.85. The topological polar surface area (TPSA) is 71.0 Å². The van der Waals surface area contributed by atoms with Gasteiger partial charge in [0.25, 0.3) is 5.91 Å². The molecule has 6 heteroatoms. The first-order valence-electron chi connectivity index (χ1n) is 6.51. The molecule has 20 heavy (non-hydrogen) atoms. The SMILES string of the molecule is C#CC(=O)N1CCC(n2c(=O)[nH]c3ncccc32)CC1. The average Bonchev–Trinajstić information content (AvgIpc) is 2.82. The number of nitrogens with zero attached hydrogens (tertiary/aromatic N) is 3. The standard InChI is InChI=1S/C14H14N4O2/c1-2-12(19)17-8-5-10(6-9-17)18-11-4-3-7-15-13(11)16-14(18)20/h1,3-4,7,10H,5-6,8-9H2,(H,15,16,20). The quantitative estimate of drug-likeness (QED) is 0.768. The number of H-pyrrole nitrogens is 1. The van der Waals surface area contributed by atoms with Crippen LogP contribution in [0.15, 0.2) is 23.1 Å². The van der Waals surface area contributed by atoms with Gasteiger partial charge in [-0.3, -0.25) is 14.3 Å². The Kier molecular flexibility index (Phi) is 3.03. The molecule has 6 nitrogen and oxygen atoms in total. The number of fused-ring (bicyclic) bond motifs is 1. The van der Waals surface area contributed by atoms with Crippen LogP contribution >= 0.6 is 0 Å². The number of carbonyl (C=O) groups excluding carboxylic acids is 1. The molecule has 1 aliphatic heterocycles. The monoisotopic (exact) mass is 270 g/mol. The first-order valence-corrected chi connectivity index (χ1v) is 6.51. The number of pyridine rings is 1. The minimum Gasteiger partial charge on any atom is -0.332 e. The van der Waals surface area contributed by atoms with Crippen molar-refractivity contribution in [1.82, 2.24) is 19.4 Å². The number of aromatic amines is 1. The van der Waals surface area contributed by atoms with E-state index in [1.54, 1.807) is 15.7 Å². The fourth-order valence-electron chi connectivity index (χ4n) is 2.74. The molecule has 1 N–H and O–H groups in total. The van der Waals surface area contributed by atoms with Crippen LogP contribution in [0.2, 0.25) is 0 Å². The Morgan fingerprint density at radius 1 is 1.45 bits per heavy atom. The molecule has 2 aromatic heterocycles. The molecule has 102 valence electrons. The van der Waals surface area contributed by atoms with Gasteiger partial charge in [-0.2, -0.15) is 0 Å². The predicted molar refractivity (Wildman–Crippen MR) is 74.0 cm³/mol. The van der Waals surface area contributed by atoms with E-state index in [1.165, 1.54) is 0 Å². The van der Waals surface area contributed by atoms with E-state index in [4.69, 9.17) is 6.42 Å². The minimum atomic E-state index is -0.281. The predicted octanol–water partition coefficient (Wildman–Crippen LogP) is 0.521. The van der Waals surface area contributed by atoms with Crippen LogP contribution in [0.4, 0.5) is 0 Å². The molecule has 0 saturated carbocycles. The maximum absolute atomic E-state index is 12.1. The number of carbonyl (C=O) groups is 1. The fraction of sp³-hybridized carbons (Fsp3) is 0.357. The van der Waals surface area contributed by atoms with Crippen molar-refractivity contribution in [1.29, 1.82) is 0 Å². The molecule has 1 aliphatic rings. The lowest BCUT2D eigenvalue weighted by Crippen LogP contribution is -2.39. The molecule has 2 aromatic rings. The highest BCUT2D eigenvalue weighted by molar-refractivity contribution is 5.92. The van der Waals surface area contributed by atoms with Gasteiger partial charge in [-0.15, -0.1) is 6.42 Å². The average molecular weight is 270 g/mol. The highest BCUT2D eigenvalue weighted by Crippen LogP contribution is 2.24. The van der Waals surface area contributed by atoms with Crippen LogP contribution in [-0.4, -0.2) is 38.4 Å². The molecular weight excluding hydrogens is 256 g/mol. The third-order valence-corrected chi connectivity index (χ3v) is 3.73. The van der Waals surface area contributed by atoms with Crippen molar-refractivity contribution < 1.29 is 4.79 Å². The summed E-state index contributed by atoms with van der Waals surface area (Å²) in [5.41, 5.74) is 1.25. The second-order valence-electron chi connectivity index (χ2n) is 4.84. The van der Waals surface area contributed by atoms with Gasteiger partial charge in [-0.05, 0) is 30.9 Å². The molecule has 1 fully saturated rings. The number of hydrogen-bond donors (Lipinski definition) is 1. The Balaban J connectivity index is 1.88. The van der Waals surface area contributed by atoms with Gasteiger partial charge in [0, 0.05) is 25.3 Å². The number of terminal acetylenes is 1. The van der Waals surface area contributed by atoms with Gasteiger partial charge >= 0.3 is 5.69 Å². The first-order chi connectivity index (χ1) is 9.70. The lowest BCUT2D eigenvalue weighted by atomic mass is 10.0. The molecule has 0 atom stereocenters. The number of likely N-dealkylation sites (tertiary alicyclic amines) is 1. The van der Waals surface area contributed by atoms with Crippen molar-refractivity contribution in [3.8, 4) is 12.3 Å². The molecule has 1 saturated heterocycles. The van der Waals surface area contributed by atoms with Gasteiger partial charge in [0.1, 0.15) is 0 Å². The number of nitrogens with one attached hydrogen (secondary N) is 1. The van der Waals surface area contributed by atoms with E-state index in [-0.39, 0.29) is 17.6 Å². The maximum atomic E-state index is 12.1. The van der Waals surface area contributed by atoms with Gasteiger partial charge in [-0.25, -0.2) is 9.78 Å². The van der Waals surface area contributed by atoms with Crippen LogP contribution in [0.3, 0.4) is 0 Å². The van der Waals surface area contributed by atoms with Crippen molar-refractivity contribution in [2.24, 2.45) is 0 Å². The van der Waals surface area contributed by atoms with Crippen molar-refractivity contribution in [3.05, 3.63) is 28.8 Å². The number of rotatable bonds is 1. The molecule has 0 spiro atoms. The third-order valence-electron chi connectivity index (χ3n) is 3.73. The number of aromatic nitrogens is 3. The summed E-state index contributed by atoms with van der Waals surface area (Å²) in [6, 6.07) is 3.75. The zero-order valence-corrected chi connectivity index (χ0v) is 10.9. The van der Waals surface area contributed by atoms with Crippen LogP contribution < -0.4 is 5.69 Å². The molecule has 0 radical (unpaired) electrons. The lowest BCUT2D eigenvalue weighted by molar-refractivity contribution is -0.126. The Labute approximate surface area is 115 Å². The molecule has 0 bridgehead atoms. The summed E-state index contributed by atoms with van der Waals surface area (Å²) < 4.78 is 1.74. The second kappa shape index (κ2) is 4.85. The van der Waals surface area contributed by atoms with Gasteiger partial charge < -0.3 is 4.90 Å². The summed E-state index contributed by atoms with van der Waals surface area (Å²) >= 11 is 0. The van der Waals surface area contributed by atoms with E-state index in [0.29, 0.717) is 18.7 Å². The minimum absolute atomic E-state index is 0.0716. The summed E-state index contributed by atoms with van der Waals surface area (Å²) in [6.07, 6.45) is 8.21. The highest BCUT2D eigenvalue weighted by Gasteiger charge is 2.25. The van der Waals surface area contributed by atoms with Gasteiger partial charge in [-0.1, -0.05) is 0 Å². The summed E-state index contributed by atoms with van der Waals surface area (Å²) in [4.78, 5) is 32.1. The van der Waals surface area contributed by atoms with E-state index in [2.05, 4.69) is 15.9 Å². The smallest absolute Gasteiger partial charge is 0.327 e. The maximum Gasteiger partial charge on any atom is 0.327 e. The van der Waals surface area contributed by atoms with Gasteiger partial charge in [0.2, 0.25) is 0 Å². The number of amides is 1. The Hall–Kier alpha value is -2.55. The zero-order valence-electron chi connectivity index (χ0n) is 10.9. The van der Waals surface area contributed by atoms with E-state index in [9.17, 15) is 9.59 Å². The summed E-state index contributed by atoms with van der Waals surface area (Å²) in [5, 5.41) is 0. The van der Waals surface area contributed by atoms with Crippen LogP contribution in [0.25, 0.3) is 11.2 Å². The molecule has 0 unspecified atom stereocenters. The fourth-order valence-corrected chi connectivity index (χ4v) is 2.74. The van der Waals surface area contributed by atoms with Gasteiger partial charge in [0.05, 0.1) is 5.52 Å². The molecule has 0 aliphatic carbocycles. The third kappa shape index (κ3) is 1.97. The van der Waals surface area contributed by atoms with E-state index in [0.717, 1.165) is 18.4 Å². The van der Waals surface area contributed by atoms with Crippen molar-refractivity contribution in [2.45, 2.75) is 18.9 Å². The zero-order chi connectivity index (χ0) is 14.1. The van der Waals surface area contributed by atoms with Crippen LogP contribution in [-0.2, 0) is 4.79 Å². The van der Waals surface area contributed by atoms with Crippen molar-refractivity contribution in [2.75, 3.05) is 13.1 Å². The molecule has 3 rings (SSSR count). The highest BCUT2D eigenvalue weighted by atomic mass is 16.2. The number of hydrogen-bond acceptors (Lipinski definition) is 3. The lowest BCUT2D eigenvalue weighted by Gasteiger charge is -2.31. The summed E-state index contributed by atoms with van der Waals surface area (Å²) in [7, 11) is 0. The van der Waals surface area contributed by atoms with Crippen LogP contribution in [0, 0.1) is 12.3 Å². The Bertz CT molecular complexity index is 744. The van der Waals surface area contributed by atoms with Crippen molar-refractivity contribution >= 4 is 17.1 Å². The molecular formula is C14H14N4O2. The second-order valence-corrected chi connectivity index (χ2v) is 4.84. The Morgan fingerprint density at radius 3 is 2.90 bits per heavy atom. The van der Waals surface area contributed by atoms with Crippen molar-refractivity contribution in [3.63, 3.8) is 0 Å². The van der Waals surface area contributed by atoms with Crippen LogP contribution in [0.1, 0.15) is 18.9 Å². The van der Waals surface area contributed by atoms with E-state index in [1.807, 2.05) is 12.1 Å². The number of piperidine rings is 1. The largest absolute Gasteiger partial charge is 0.332 e. The van der Waals surface area contributed by atoms with Gasteiger partial charge in [0.15, 0.2) is 5.65 Å². The molecule has 0 aromatic carbocycles. The van der Waals surface area contributed by atoms with Crippen LogP contribution in [0.5, 0.6) is 0 Å². The summed E-state index contributed by atoms with van der Waals surface area (Å²) in [6.45, 7) is 1.15. The van der Waals surface area contributed by atoms with E-state index < -0.39 is 0 Å². The number of imidazole rings is 1. The normalized spacial score (nSPS) is 16.2.